The van der Waals surface area contributed by atoms with Crippen LogP contribution in [0.3, 0.4) is 0 Å². The third-order valence-electron chi connectivity index (χ3n) is 4.58. The van der Waals surface area contributed by atoms with Crippen molar-refractivity contribution in [2.24, 2.45) is 0 Å². The van der Waals surface area contributed by atoms with Gasteiger partial charge in [-0.15, -0.1) is 0 Å². The van der Waals surface area contributed by atoms with E-state index >= 15 is 0 Å². The van der Waals surface area contributed by atoms with Gasteiger partial charge in [-0.1, -0.05) is 38.3 Å². The van der Waals surface area contributed by atoms with Crippen molar-refractivity contribution in [3.05, 3.63) is 29.8 Å². The van der Waals surface area contributed by atoms with Gasteiger partial charge < -0.3 is 15.4 Å². The lowest BCUT2D eigenvalue weighted by molar-refractivity contribution is -0.134. The highest BCUT2D eigenvalue weighted by molar-refractivity contribution is 5.92. The SMILES string of the molecule is CCCNC(=O)C1(NC(=O)Cc2ccc(OC)cc2)CCCCC1. The van der Waals surface area contributed by atoms with Gasteiger partial charge >= 0.3 is 0 Å². The first kappa shape index (κ1) is 18.3. The molecule has 1 fully saturated rings. The smallest absolute Gasteiger partial charge is 0.245 e. The number of rotatable bonds is 7. The van der Waals surface area contributed by atoms with E-state index in [0.29, 0.717) is 6.54 Å². The summed E-state index contributed by atoms with van der Waals surface area (Å²) >= 11 is 0. The zero-order valence-corrected chi connectivity index (χ0v) is 14.7. The minimum atomic E-state index is -0.739. The molecule has 0 aliphatic heterocycles. The van der Waals surface area contributed by atoms with Crippen LogP contribution in [-0.2, 0) is 16.0 Å². The summed E-state index contributed by atoms with van der Waals surface area (Å²) in [5.41, 5.74) is 0.171. The zero-order valence-electron chi connectivity index (χ0n) is 14.7. The fraction of sp³-hybridized carbons (Fsp3) is 0.579. The second-order valence-corrected chi connectivity index (χ2v) is 6.47. The van der Waals surface area contributed by atoms with Crippen LogP contribution in [-0.4, -0.2) is 31.0 Å². The van der Waals surface area contributed by atoms with E-state index in [0.717, 1.165) is 49.8 Å². The molecule has 1 aromatic rings. The predicted octanol–water partition coefficient (Wildman–Crippen LogP) is 2.58. The van der Waals surface area contributed by atoms with E-state index in [2.05, 4.69) is 10.6 Å². The van der Waals surface area contributed by atoms with E-state index in [4.69, 9.17) is 4.74 Å². The Morgan fingerprint density at radius 1 is 1.12 bits per heavy atom. The van der Waals surface area contributed by atoms with Crippen LogP contribution in [0.25, 0.3) is 0 Å². The Balaban J connectivity index is 2.02. The first-order valence-electron chi connectivity index (χ1n) is 8.82. The maximum atomic E-state index is 12.6. The average Bonchev–Trinajstić information content (AvgIpc) is 2.61. The molecule has 0 radical (unpaired) electrons. The molecule has 5 nitrogen and oxygen atoms in total. The molecule has 2 rings (SSSR count). The molecular weight excluding hydrogens is 304 g/mol. The van der Waals surface area contributed by atoms with Crippen molar-refractivity contribution in [2.75, 3.05) is 13.7 Å². The molecule has 2 N–H and O–H groups in total. The first-order valence-corrected chi connectivity index (χ1v) is 8.82. The fourth-order valence-corrected chi connectivity index (χ4v) is 3.21. The van der Waals surface area contributed by atoms with Gasteiger partial charge in [-0.3, -0.25) is 9.59 Å². The van der Waals surface area contributed by atoms with Crippen LogP contribution in [0.1, 0.15) is 51.0 Å². The molecule has 1 aliphatic carbocycles. The summed E-state index contributed by atoms with van der Waals surface area (Å²) in [7, 11) is 1.61. The summed E-state index contributed by atoms with van der Waals surface area (Å²) in [5.74, 6) is 0.627. The number of nitrogens with one attached hydrogen (secondary N) is 2. The van der Waals surface area contributed by atoms with E-state index in [1.807, 2.05) is 31.2 Å². The highest BCUT2D eigenvalue weighted by Gasteiger charge is 2.40. The van der Waals surface area contributed by atoms with Crippen LogP contribution in [0, 0.1) is 0 Å². The predicted molar refractivity (Wildman–Crippen MR) is 94.0 cm³/mol. The van der Waals surface area contributed by atoms with Crippen molar-refractivity contribution in [2.45, 2.75) is 57.4 Å². The number of methoxy groups -OCH3 is 1. The van der Waals surface area contributed by atoms with E-state index in [9.17, 15) is 9.59 Å². The van der Waals surface area contributed by atoms with Gasteiger partial charge in [-0.2, -0.15) is 0 Å². The molecule has 0 spiro atoms. The van der Waals surface area contributed by atoms with Gasteiger partial charge in [0.2, 0.25) is 11.8 Å². The third-order valence-corrected chi connectivity index (χ3v) is 4.58. The normalized spacial score (nSPS) is 16.2. The van der Waals surface area contributed by atoms with Crippen LogP contribution < -0.4 is 15.4 Å². The summed E-state index contributed by atoms with van der Waals surface area (Å²) in [6, 6.07) is 7.44. The lowest BCUT2D eigenvalue weighted by Gasteiger charge is -2.36. The molecule has 5 heteroatoms. The lowest BCUT2D eigenvalue weighted by atomic mass is 9.80. The molecule has 0 atom stereocenters. The molecule has 0 saturated heterocycles. The minimum Gasteiger partial charge on any atom is -0.497 e. The number of carbonyl (C=O) groups excluding carboxylic acids is 2. The minimum absolute atomic E-state index is 0.0351. The van der Waals surface area contributed by atoms with Gasteiger partial charge in [0.1, 0.15) is 11.3 Å². The van der Waals surface area contributed by atoms with Gasteiger partial charge in [0.25, 0.3) is 0 Å². The highest BCUT2D eigenvalue weighted by atomic mass is 16.5. The molecule has 132 valence electrons. The third kappa shape index (κ3) is 4.73. The summed E-state index contributed by atoms with van der Waals surface area (Å²) in [6.07, 6.45) is 5.67. The molecule has 0 unspecified atom stereocenters. The van der Waals surface area contributed by atoms with Gasteiger partial charge in [0, 0.05) is 6.54 Å². The number of amides is 2. The van der Waals surface area contributed by atoms with Crippen molar-refractivity contribution in [3.8, 4) is 5.75 Å². The van der Waals surface area contributed by atoms with Crippen LogP contribution in [0.15, 0.2) is 24.3 Å². The van der Waals surface area contributed by atoms with E-state index in [1.54, 1.807) is 7.11 Å². The van der Waals surface area contributed by atoms with Crippen LogP contribution in [0.2, 0.25) is 0 Å². The fourth-order valence-electron chi connectivity index (χ4n) is 3.21. The largest absolute Gasteiger partial charge is 0.497 e. The summed E-state index contributed by atoms with van der Waals surface area (Å²) in [4.78, 5) is 25.1. The van der Waals surface area contributed by atoms with E-state index in [1.165, 1.54) is 0 Å². The Labute approximate surface area is 144 Å². The molecule has 1 saturated carbocycles. The standard InChI is InChI=1S/C19H28N2O3/c1-3-13-20-18(23)19(11-5-4-6-12-19)21-17(22)14-15-7-9-16(24-2)10-8-15/h7-10H,3-6,11-14H2,1-2H3,(H,20,23)(H,21,22). The monoisotopic (exact) mass is 332 g/mol. The molecule has 0 aromatic heterocycles. The Bertz CT molecular complexity index is 548. The number of hydrogen-bond donors (Lipinski definition) is 2. The van der Waals surface area contributed by atoms with E-state index in [-0.39, 0.29) is 18.2 Å². The van der Waals surface area contributed by atoms with Crippen molar-refractivity contribution in [1.29, 1.82) is 0 Å². The molecule has 0 bridgehead atoms. The first-order chi connectivity index (χ1) is 11.6. The maximum Gasteiger partial charge on any atom is 0.245 e. The molecule has 24 heavy (non-hydrogen) atoms. The number of hydrogen-bond acceptors (Lipinski definition) is 3. The van der Waals surface area contributed by atoms with Crippen molar-refractivity contribution in [3.63, 3.8) is 0 Å². The second kappa shape index (κ2) is 8.71. The zero-order chi connectivity index (χ0) is 17.4. The van der Waals surface area contributed by atoms with Crippen LogP contribution in [0.5, 0.6) is 5.75 Å². The summed E-state index contributed by atoms with van der Waals surface area (Å²) in [5, 5.41) is 5.99. The Hall–Kier alpha value is -2.04. The van der Waals surface area contributed by atoms with Gasteiger partial charge in [-0.05, 0) is 37.0 Å². The van der Waals surface area contributed by atoms with E-state index < -0.39 is 5.54 Å². The summed E-state index contributed by atoms with van der Waals surface area (Å²) < 4.78 is 5.13. The molecule has 0 heterocycles. The van der Waals surface area contributed by atoms with Gasteiger partial charge in [0.15, 0.2) is 0 Å². The van der Waals surface area contributed by atoms with Crippen molar-refractivity contribution >= 4 is 11.8 Å². The molecule has 1 aliphatic rings. The van der Waals surface area contributed by atoms with Gasteiger partial charge in [0.05, 0.1) is 13.5 Å². The molecule has 2 amide bonds. The van der Waals surface area contributed by atoms with Crippen LogP contribution in [0.4, 0.5) is 0 Å². The Morgan fingerprint density at radius 3 is 2.38 bits per heavy atom. The van der Waals surface area contributed by atoms with Gasteiger partial charge in [-0.25, -0.2) is 0 Å². The summed E-state index contributed by atoms with van der Waals surface area (Å²) in [6.45, 7) is 2.67. The topological polar surface area (TPSA) is 67.4 Å². The highest BCUT2D eigenvalue weighted by Crippen LogP contribution is 2.28. The molecular formula is C19H28N2O3. The number of carbonyl (C=O) groups is 2. The Morgan fingerprint density at radius 2 is 1.79 bits per heavy atom. The lowest BCUT2D eigenvalue weighted by Crippen LogP contribution is -2.60. The second-order valence-electron chi connectivity index (χ2n) is 6.47. The molecule has 1 aromatic carbocycles. The average molecular weight is 332 g/mol. The van der Waals surface area contributed by atoms with Crippen molar-refractivity contribution in [1.82, 2.24) is 10.6 Å². The number of benzene rings is 1. The Kier molecular flexibility index (Phi) is 6.64. The van der Waals surface area contributed by atoms with Crippen LogP contribution >= 0.6 is 0 Å². The maximum absolute atomic E-state index is 12.6. The van der Waals surface area contributed by atoms with Crippen molar-refractivity contribution < 1.29 is 14.3 Å². The quantitative estimate of drug-likeness (QED) is 0.806. The number of ether oxygens (including phenoxy) is 1.